The molecule has 1 aliphatic heterocycles. The summed E-state index contributed by atoms with van der Waals surface area (Å²) in [6.07, 6.45) is 1.67. The maximum atomic E-state index is 12.7. The molecule has 0 atom stereocenters. The van der Waals surface area contributed by atoms with Gasteiger partial charge in [0.2, 0.25) is 11.8 Å². The van der Waals surface area contributed by atoms with Gasteiger partial charge in [0, 0.05) is 18.0 Å². The summed E-state index contributed by atoms with van der Waals surface area (Å²) in [7, 11) is 0. The summed E-state index contributed by atoms with van der Waals surface area (Å²) in [5.74, 6) is -0.950. The standard InChI is InChI=1S/C22H17ClN4O3S4/c23-14-6-2-1-5-13(14)11-17-20(30)27(22(31)34-17)10-9-18(28)25-26-19(29)12-32-21-24-15-7-3-4-8-16(15)33-21/h1-8,11H,9-10,12H2,(H,25,28)(H,26,29). The topological polar surface area (TPSA) is 91.4 Å². The number of halogens is 1. The Morgan fingerprint density at radius 3 is 2.65 bits per heavy atom. The molecule has 12 heteroatoms. The van der Waals surface area contributed by atoms with Gasteiger partial charge in [0.15, 0.2) is 4.34 Å². The van der Waals surface area contributed by atoms with E-state index in [4.69, 9.17) is 23.8 Å². The van der Waals surface area contributed by atoms with E-state index in [0.29, 0.717) is 19.8 Å². The molecule has 1 fully saturated rings. The van der Waals surface area contributed by atoms with Crippen LogP contribution in [0.1, 0.15) is 12.0 Å². The van der Waals surface area contributed by atoms with Crippen molar-refractivity contribution in [2.45, 2.75) is 10.8 Å². The zero-order valence-electron chi connectivity index (χ0n) is 17.4. The molecule has 0 bridgehead atoms. The number of para-hydroxylation sites is 1. The van der Waals surface area contributed by atoms with Crippen molar-refractivity contribution in [3.05, 3.63) is 64.0 Å². The number of carbonyl (C=O) groups excluding carboxylic acids is 3. The molecule has 0 aliphatic carbocycles. The number of benzene rings is 2. The van der Waals surface area contributed by atoms with Crippen LogP contribution in [0.3, 0.4) is 0 Å². The Balaban J connectivity index is 1.22. The lowest BCUT2D eigenvalue weighted by Crippen LogP contribution is -2.43. The maximum Gasteiger partial charge on any atom is 0.266 e. The Morgan fingerprint density at radius 2 is 1.85 bits per heavy atom. The zero-order chi connectivity index (χ0) is 24.1. The van der Waals surface area contributed by atoms with Crippen LogP contribution in [-0.4, -0.2) is 44.2 Å². The van der Waals surface area contributed by atoms with E-state index in [1.165, 1.54) is 28.0 Å². The summed E-state index contributed by atoms with van der Waals surface area (Å²) in [5.41, 5.74) is 6.36. The first-order chi connectivity index (χ1) is 16.4. The molecule has 174 valence electrons. The Morgan fingerprint density at radius 1 is 1.12 bits per heavy atom. The monoisotopic (exact) mass is 548 g/mol. The number of fused-ring (bicyclic) bond motifs is 1. The van der Waals surface area contributed by atoms with E-state index in [9.17, 15) is 14.4 Å². The average Bonchev–Trinajstić information content (AvgIpc) is 3.36. The van der Waals surface area contributed by atoms with Gasteiger partial charge in [-0.1, -0.05) is 77.7 Å². The molecule has 0 saturated carbocycles. The summed E-state index contributed by atoms with van der Waals surface area (Å²) in [5, 5.41) is 0.532. The van der Waals surface area contributed by atoms with Gasteiger partial charge in [-0.2, -0.15) is 0 Å². The molecule has 3 amide bonds. The van der Waals surface area contributed by atoms with Gasteiger partial charge in [-0.05, 0) is 29.8 Å². The highest BCUT2D eigenvalue weighted by atomic mass is 35.5. The third kappa shape index (κ3) is 6.16. The van der Waals surface area contributed by atoms with Crippen LogP contribution in [0.4, 0.5) is 0 Å². The molecule has 0 radical (unpaired) electrons. The van der Waals surface area contributed by atoms with Crippen molar-refractivity contribution in [3.63, 3.8) is 0 Å². The molecule has 1 aliphatic rings. The number of thiazole rings is 1. The van der Waals surface area contributed by atoms with Crippen LogP contribution in [0.25, 0.3) is 16.3 Å². The third-order valence-corrected chi connectivity index (χ3v) is 8.47. The Bertz CT molecular complexity index is 1280. The summed E-state index contributed by atoms with van der Waals surface area (Å²) in [6, 6.07) is 14.9. The zero-order valence-corrected chi connectivity index (χ0v) is 21.5. The normalized spacial score (nSPS) is 14.7. The van der Waals surface area contributed by atoms with E-state index in [-0.39, 0.29) is 30.5 Å². The predicted molar refractivity (Wildman–Crippen MR) is 143 cm³/mol. The first-order valence-electron chi connectivity index (χ1n) is 9.96. The summed E-state index contributed by atoms with van der Waals surface area (Å²) >= 11 is 15.4. The second-order valence-corrected chi connectivity index (χ2v) is 11.3. The molecule has 1 saturated heterocycles. The fraction of sp³-hybridized carbons (Fsp3) is 0.136. The molecule has 4 rings (SSSR count). The van der Waals surface area contributed by atoms with E-state index in [1.807, 2.05) is 36.4 Å². The van der Waals surface area contributed by atoms with E-state index in [0.717, 1.165) is 26.3 Å². The number of hydrogen-bond acceptors (Lipinski definition) is 8. The van der Waals surface area contributed by atoms with Crippen molar-refractivity contribution in [3.8, 4) is 0 Å². The number of thiocarbonyl (C=S) groups is 1. The number of rotatable bonds is 7. The van der Waals surface area contributed by atoms with Gasteiger partial charge in [-0.25, -0.2) is 4.98 Å². The van der Waals surface area contributed by atoms with Gasteiger partial charge in [0.1, 0.15) is 4.32 Å². The van der Waals surface area contributed by atoms with Crippen molar-refractivity contribution < 1.29 is 14.4 Å². The molecule has 0 unspecified atom stereocenters. The van der Waals surface area contributed by atoms with Gasteiger partial charge >= 0.3 is 0 Å². The molecule has 1 aromatic heterocycles. The number of aromatic nitrogens is 1. The van der Waals surface area contributed by atoms with E-state index in [2.05, 4.69) is 15.8 Å². The molecule has 2 heterocycles. The predicted octanol–water partition coefficient (Wildman–Crippen LogP) is 4.48. The van der Waals surface area contributed by atoms with Crippen LogP contribution < -0.4 is 10.9 Å². The van der Waals surface area contributed by atoms with Crippen molar-refractivity contribution >= 4 is 97.0 Å². The maximum absolute atomic E-state index is 12.7. The fourth-order valence-corrected chi connectivity index (χ4v) is 6.28. The highest BCUT2D eigenvalue weighted by Gasteiger charge is 2.32. The molecule has 34 heavy (non-hydrogen) atoms. The van der Waals surface area contributed by atoms with E-state index >= 15 is 0 Å². The second-order valence-electron chi connectivity index (χ2n) is 6.94. The minimum atomic E-state index is -0.428. The summed E-state index contributed by atoms with van der Waals surface area (Å²) < 4.78 is 2.20. The third-order valence-electron chi connectivity index (χ3n) is 4.57. The van der Waals surface area contributed by atoms with E-state index in [1.54, 1.807) is 18.2 Å². The Kier molecular flexibility index (Phi) is 8.22. The van der Waals surface area contributed by atoms with Crippen LogP contribution in [0.5, 0.6) is 0 Å². The smallest absolute Gasteiger partial charge is 0.266 e. The lowest BCUT2D eigenvalue weighted by Gasteiger charge is -2.14. The molecule has 0 spiro atoms. The first kappa shape index (κ1) is 24.7. The highest BCUT2D eigenvalue weighted by molar-refractivity contribution is 8.26. The van der Waals surface area contributed by atoms with Crippen LogP contribution in [0, 0.1) is 0 Å². The Hall–Kier alpha value is -2.44. The van der Waals surface area contributed by atoms with E-state index < -0.39 is 5.91 Å². The van der Waals surface area contributed by atoms with Crippen molar-refractivity contribution in [1.29, 1.82) is 0 Å². The van der Waals surface area contributed by atoms with Crippen molar-refractivity contribution in [2.75, 3.05) is 12.3 Å². The van der Waals surface area contributed by atoms with Gasteiger partial charge < -0.3 is 0 Å². The Labute approximate surface area is 218 Å². The van der Waals surface area contributed by atoms with Gasteiger partial charge in [-0.15, -0.1) is 11.3 Å². The number of carbonyl (C=O) groups is 3. The number of hydrazine groups is 1. The molecule has 2 N–H and O–H groups in total. The summed E-state index contributed by atoms with van der Waals surface area (Å²) in [6.45, 7) is 0.104. The summed E-state index contributed by atoms with van der Waals surface area (Å²) in [4.78, 5) is 43.2. The lowest BCUT2D eigenvalue weighted by molar-refractivity contribution is -0.128. The number of thioether (sulfide) groups is 2. The van der Waals surface area contributed by atoms with Crippen molar-refractivity contribution in [2.24, 2.45) is 0 Å². The molecular formula is C22H17ClN4O3S4. The molecule has 2 aromatic carbocycles. The average molecular weight is 549 g/mol. The lowest BCUT2D eigenvalue weighted by atomic mass is 10.2. The van der Waals surface area contributed by atoms with Gasteiger partial charge in [0.25, 0.3) is 5.91 Å². The minimum Gasteiger partial charge on any atom is -0.292 e. The van der Waals surface area contributed by atoms with Crippen LogP contribution >= 0.6 is 58.7 Å². The molecular weight excluding hydrogens is 532 g/mol. The van der Waals surface area contributed by atoms with Crippen molar-refractivity contribution in [1.82, 2.24) is 20.7 Å². The number of nitrogens with one attached hydrogen (secondary N) is 2. The number of hydrogen-bond donors (Lipinski definition) is 2. The quantitative estimate of drug-likeness (QED) is 0.195. The van der Waals surface area contributed by atoms with Gasteiger partial charge in [-0.3, -0.25) is 30.1 Å². The highest BCUT2D eigenvalue weighted by Crippen LogP contribution is 2.33. The molecule has 7 nitrogen and oxygen atoms in total. The van der Waals surface area contributed by atoms with Crippen LogP contribution in [0.15, 0.2) is 57.8 Å². The fourth-order valence-electron chi connectivity index (χ4n) is 2.92. The van der Waals surface area contributed by atoms with Gasteiger partial charge in [0.05, 0.1) is 20.9 Å². The first-order valence-corrected chi connectivity index (χ1v) is 13.4. The number of nitrogens with zero attached hydrogens (tertiary/aromatic N) is 2. The second kappa shape index (κ2) is 11.3. The number of amides is 3. The largest absolute Gasteiger partial charge is 0.292 e. The molecule has 3 aromatic rings. The SMILES string of the molecule is O=C(CCN1C(=O)C(=Cc2ccccc2Cl)SC1=S)NNC(=O)CSc1nc2ccccc2s1. The van der Waals surface area contributed by atoms with Crippen LogP contribution in [-0.2, 0) is 14.4 Å². The minimum absolute atomic E-state index is 0.0168. The van der Waals surface area contributed by atoms with Crippen LogP contribution in [0.2, 0.25) is 5.02 Å².